The van der Waals surface area contributed by atoms with Crippen molar-refractivity contribution >= 4 is 11.8 Å². The first-order chi connectivity index (χ1) is 5.81. The third kappa shape index (κ3) is 8.37. The SMILES string of the molecule is CNC(C)CCCSCCOC. The molecule has 0 aromatic heterocycles. The molecule has 0 rings (SSSR count). The Morgan fingerprint density at radius 1 is 1.42 bits per heavy atom. The lowest BCUT2D eigenvalue weighted by atomic mass is 10.2. The summed E-state index contributed by atoms with van der Waals surface area (Å²) in [7, 11) is 3.77. The smallest absolute Gasteiger partial charge is 0.0552 e. The molecule has 0 saturated heterocycles. The zero-order valence-electron chi connectivity index (χ0n) is 8.43. The minimum atomic E-state index is 0.660. The molecule has 0 aliphatic rings. The molecule has 0 radical (unpaired) electrons. The number of nitrogens with one attached hydrogen (secondary N) is 1. The van der Waals surface area contributed by atoms with Gasteiger partial charge in [-0.3, -0.25) is 0 Å². The van der Waals surface area contributed by atoms with Crippen LogP contribution in [-0.4, -0.2) is 38.3 Å². The lowest BCUT2D eigenvalue weighted by Gasteiger charge is -2.08. The number of rotatable bonds is 8. The highest BCUT2D eigenvalue weighted by atomic mass is 32.2. The van der Waals surface area contributed by atoms with Crippen LogP contribution in [0.3, 0.4) is 0 Å². The zero-order chi connectivity index (χ0) is 9.23. The highest BCUT2D eigenvalue weighted by Gasteiger charge is 1.96. The predicted octanol–water partition coefficient (Wildman–Crippen LogP) is 1.75. The van der Waals surface area contributed by atoms with Crippen LogP contribution in [0.4, 0.5) is 0 Å². The first-order valence-electron chi connectivity index (χ1n) is 4.55. The van der Waals surface area contributed by atoms with Gasteiger partial charge < -0.3 is 10.1 Å². The van der Waals surface area contributed by atoms with E-state index in [0.717, 1.165) is 12.4 Å². The Bertz CT molecular complexity index is 90.6. The van der Waals surface area contributed by atoms with Crippen LogP contribution in [-0.2, 0) is 4.74 Å². The largest absolute Gasteiger partial charge is 0.384 e. The molecular formula is C9H21NOS. The van der Waals surface area contributed by atoms with Crippen molar-refractivity contribution in [3.05, 3.63) is 0 Å². The number of ether oxygens (including phenoxy) is 1. The standard InChI is InChI=1S/C9H21NOS/c1-9(10-2)5-4-7-12-8-6-11-3/h9-10H,4-8H2,1-3H3. The molecule has 2 nitrogen and oxygen atoms in total. The van der Waals surface area contributed by atoms with Gasteiger partial charge in [0.25, 0.3) is 0 Å². The third-order valence-corrected chi connectivity index (χ3v) is 2.88. The average molecular weight is 191 g/mol. The van der Waals surface area contributed by atoms with Crippen molar-refractivity contribution in [2.45, 2.75) is 25.8 Å². The van der Waals surface area contributed by atoms with Crippen LogP contribution in [0, 0.1) is 0 Å². The Kier molecular flexibility index (Phi) is 9.57. The summed E-state index contributed by atoms with van der Waals surface area (Å²) in [4.78, 5) is 0. The molecule has 0 saturated carbocycles. The molecule has 1 atom stereocenters. The maximum atomic E-state index is 4.96. The second-order valence-electron chi connectivity index (χ2n) is 2.94. The number of methoxy groups -OCH3 is 1. The Labute approximate surface area is 80.4 Å². The normalized spacial score (nSPS) is 13.2. The van der Waals surface area contributed by atoms with E-state index >= 15 is 0 Å². The third-order valence-electron chi connectivity index (χ3n) is 1.85. The van der Waals surface area contributed by atoms with E-state index in [4.69, 9.17) is 4.74 Å². The number of hydrogen-bond donors (Lipinski definition) is 1. The molecule has 1 unspecified atom stereocenters. The molecule has 0 fully saturated rings. The van der Waals surface area contributed by atoms with Gasteiger partial charge in [-0.1, -0.05) is 0 Å². The van der Waals surface area contributed by atoms with Crippen molar-refractivity contribution in [2.75, 3.05) is 32.3 Å². The average Bonchev–Trinajstić information content (AvgIpc) is 2.10. The van der Waals surface area contributed by atoms with Crippen molar-refractivity contribution < 1.29 is 4.74 Å². The maximum Gasteiger partial charge on any atom is 0.0552 e. The van der Waals surface area contributed by atoms with Crippen LogP contribution in [0.25, 0.3) is 0 Å². The van der Waals surface area contributed by atoms with E-state index in [1.165, 1.54) is 18.6 Å². The van der Waals surface area contributed by atoms with Crippen LogP contribution < -0.4 is 5.32 Å². The second-order valence-corrected chi connectivity index (χ2v) is 4.16. The second kappa shape index (κ2) is 9.36. The molecule has 0 amide bonds. The van der Waals surface area contributed by atoms with Gasteiger partial charge in [0.1, 0.15) is 0 Å². The number of hydrogen-bond acceptors (Lipinski definition) is 3. The molecule has 0 aliphatic heterocycles. The van der Waals surface area contributed by atoms with Crippen LogP contribution >= 0.6 is 11.8 Å². The van der Waals surface area contributed by atoms with Gasteiger partial charge in [-0.05, 0) is 32.6 Å². The molecule has 0 aromatic carbocycles. The summed E-state index contributed by atoms with van der Waals surface area (Å²) < 4.78 is 4.96. The Hall–Kier alpha value is 0.270. The minimum absolute atomic E-state index is 0.660. The van der Waals surface area contributed by atoms with Gasteiger partial charge in [-0.25, -0.2) is 0 Å². The first kappa shape index (κ1) is 12.3. The molecule has 3 heteroatoms. The fourth-order valence-corrected chi connectivity index (χ4v) is 1.74. The van der Waals surface area contributed by atoms with Crippen molar-refractivity contribution in [1.29, 1.82) is 0 Å². The minimum Gasteiger partial charge on any atom is -0.384 e. The highest BCUT2D eigenvalue weighted by Crippen LogP contribution is 2.05. The van der Waals surface area contributed by atoms with Gasteiger partial charge in [0.15, 0.2) is 0 Å². The first-order valence-corrected chi connectivity index (χ1v) is 5.70. The summed E-state index contributed by atoms with van der Waals surface area (Å²) in [5.74, 6) is 2.39. The van der Waals surface area contributed by atoms with E-state index in [2.05, 4.69) is 12.2 Å². The van der Waals surface area contributed by atoms with Crippen LogP contribution in [0.5, 0.6) is 0 Å². The molecule has 0 spiro atoms. The van der Waals surface area contributed by atoms with E-state index in [1.54, 1.807) is 7.11 Å². The molecule has 0 aliphatic carbocycles. The van der Waals surface area contributed by atoms with Gasteiger partial charge >= 0.3 is 0 Å². The quantitative estimate of drug-likeness (QED) is 0.591. The van der Waals surface area contributed by atoms with E-state index in [1.807, 2.05) is 18.8 Å². The van der Waals surface area contributed by atoms with Gasteiger partial charge in [-0.15, -0.1) is 0 Å². The molecule has 0 bridgehead atoms. The van der Waals surface area contributed by atoms with Crippen LogP contribution in [0.2, 0.25) is 0 Å². The van der Waals surface area contributed by atoms with E-state index in [0.29, 0.717) is 6.04 Å². The Balaban J connectivity index is 2.90. The monoisotopic (exact) mass is 191 g/mol. The number of thioether (sulfide) groups is 1. The van der Waals surface area contributed by atoms with E-state index < -0.39 is 0 Å². The van der Waals surface area contributed by atoms with Crippen LogP contribution in [0.1, 0.15) is 19.8 Å². The molecule has 0 aromatic rings. The van der Waals surface area contributed by atoms with Gasteiger partial charge in [0, 0.05) is 18.9 Å². The molecule has 74 valence electrons. The molecule has 1 N–H and O–H groups in total. The van der Waals surface area contributed by atoms with Crippen LogP contribution in [0.15, 0.2) is 0 Å². The lowest BCUT2D eigenvalue weighted by molar-refractivity contribution is 0.218. The van der Waals surface area contributed by atoms with Crippen molar-refractivity contribution in [1.82, 2.24) is 5.32 Å². The topological polar surface area (TPSA) is 21.3 Å². The highest BCUT2D eigenvalue weighted by molar-refractivity contribution is 7.99. The van der Waals surface area contributed by atoms with Gasteiger partial charge in [-0.2, -0.15) is 11.8 Å². The molecule has 0 heterocycles. The summed E-state index contributed by atoms with van der Waals surface area (Å²) in [6.07, 6.45) is 2.58. The molecule has 12 heavy (non-hydrogen) atoms. The van der Waals surface area contributed by atoms with Crippen molar-refractivity contribution in [2.24, 2.45) is 0 Å². The lowest BCUT2D eigenvalue weighted by Crippen LogP contribution is -2.20. The fourth-order valence-electron chi connectivity index (χ4n) is 0.880. The summed E-state index contributed by atoms with van der Waals surface area (Å²) in [6, 6.07) is 0.660. The Morgan fingerprint density at radius 2 is 2.17 bits per heavy atom. The summed E-state index contributed by atoms with van der Waals surface area (Å²) >= 11 is 1.98. The van der Waals surface area contributed by atoms with Gasteiger partial charge in [0.05, 0.1) is 6.61 Å². The summed E-state index contributed by atoms with van der Waals surface area (Å²) in [5, 5.41) is 3.23. The van der Waals surface area contributed by atoms with E-state index in [9.17, 15) is 0 Å². The fraction of sp³-hybridized carbons (Fsp3) is 1.00. The van der Waals surface area contributed by atoms with Crippen molar-refractivity contribution in [3.8, 4) is 0 Å². The predicted molar refractivity (Wildman–Crippen MR) is 57.0 cm³/mol. The van der Waals surface area contributed by atoms with Gasteiger partial charge in [0.2, 0.25) is 0 Å². The zero-order valence-corrected chi connectivity index (χ0v) is 9.25. The van der Waals surface area contributed by atoms with E-state index in [-0.39, 0.29) is 0 Å². The maximum absolute atomic E-state index is 4.96. The molecular weight excluding hydrogens is 170 g/mol. The Morgan fingerprint density at radius 3 is 2.75 bits per heavy atom. The summed E-state index contributed by atoms with van der Waals surface area (Å²) in [5.41, 5.74) is 0. The van der Waals surface area contributed by atoms with Crippen molar-refractivity contribution in [3.63, 3.8) is 0 Å². The summed E-state index contributed by atoms with van der Waals surface area (Å²) in [6.45, 7) is 3.10.